The van der Waals surface area contributed by atoms with Crippen molar-refractivity contribution in [2.24, 2.45) is 5.92 Å². The molecule has 0 atom stereocenters. The fourth-order valence-corrected chi connectivity index (χ4v) is 4.70. The minimum atomic E-state index is -0.847. The molecule has 3 amide bonds. The lowest BCUT2D eigenvalue weighted by atomic mass is 9.75. The third-order valence-electron chi connectivity index (χ3n) is 6.72. The predicted octanol–water partition coefficient (Wildman–Crippen LogP) is 2.74. The first-order valence-corrected chi connectivity index (χ1v) is 10.6. The molecule has 1 aliphatic carbocycles. The van der Waals surface area contributed by atoms with Gasteiger partial charge in [-0.1, -0.05) is 13.3 Å². The maximum Gasteiger partial charge on any atom is 0.325 e. The zero-order valence-electron chi connectivity index (χ0n) is 18.2. The van der Waals surface area contributed by atoms with Crippen molar-refractivity contribution in [1.29, 1.82) is 0 Å². The Balaban J connectivity index is 1.71. The van der Waals surface area contributed by atoms with Crippen LogP contribution in [0.1, 0.15) is 67.2 Å². The number of aromatic nitrogens is 1. The highest BCUT2D eigenvalue weighted by Crippen LogP contribution is 2.37. The van der Waals surface area contributed by atoms with Crippen molar-refractivity contribution in [2.45, 2.75) is 71.4 Å². The standard InChI is InChI=1S/C22H31N3O5/c1-5-16-6-9-22(10-7-16)20(28)25(21(29)23-22)13-18(26)17-12-14(2)24(15(17)3)11-8-19(27)30-4/h12,16H,5-11,13H2,1-4H3,(H,23,29). The molecule has 1 saturated heterocycles. The first kappa shape index (κ1) is 22.1. The summed E-state index contributed by atoms with van der Waals surface area (Å²) in [7, 11) is 1.34. The monoisotopic (exact) mass is 417 g/mol. The van der Waals surface area contributed by atoms with Crippen LogP contribution in [0.15, 0.2) is 6.07 Å². The van der Waals surface area contributed by atoms with Crippen LogP contribution >= 0.6 is 0 Å². The van der Waals surface area contributed by atoms with Crippen LogP contribution in [0.2, 0.25) is 0 Å². The lowest BCUT2D eigenvalue weighted by molar-refractivity contribution is -0.140. The van der Waals surface area contributed by atoms with E-state index in [1.807, 2.05) is 11.5 Å². The summed E-state index contributed by atoms with van der Waals surface area (Å²) in [5.41, 5.74) is 1.17. The number of carbonyl (C=O) groups is 4. The molecule has 1 spiro atoms. The van der Waals surface area contributed by atoms with Gasteiger partial charge in [0.2, 0.25) is 0 Å². The Morgan fingerprint density at radius 3 is 2.50 bits per heavy atom. The van der Waals surface area contributed by atoms with Gasteiger partial charge in [0.25, 0.3) is 5.91 Å². The molecule has 0 unspecified atom stereocenters. The van der Waals surface area contributed by atoms with E-state index in [0.717, 1.165) is 29.9 Å². The highest BCUT2D eigenvalue weighted by Gasteiger charge is 2.52. The fourth-order valence-electron chi connectivity index (χ4n) is 4.70. The van der Waals surface area contributed by atoms with E-state index in [9.17, 15) is 19.2 Å². The van der Waals surface area contributed by atoms with Crippen molar-refractivity contribution in [3.63, 3.8) is 0 Å². The van der Waals surface area contributed by atoms with E-state index in [1.54, 1.807) is 13.0 Å². The Morgan fingerprint density at radius 1 is 1.23 bits per heavy atom. The third kappa shape index (κ3) is 4.00. The largest absolute Gasteiger partial charge is 0.469 e. The molecular formula is C22H31N3O5. The fraction of sp³-hybridized carbons (Fsp3) is 0.636. The van der Waals surface area contributed by atoms with E-state index in [2.05, 4.69) is 17.0 Å². The van der Waals surface area contributed by atoms with Crippen molar-refractivity contribution in [3.8, 4) is 0 Å². The first-order valence-electron chi connectivity index (χ1n) is 10.6. The Bertz CT molecular complexity index is 864. The Kier molecular flexibility index (Phi) is 6.33. The van der Waals surface area contributed by atoms with Gasteiger partial charge in [0.05, 0.1) is 20.1 Å². The number of nitrogens with zero attached hydrogens (tertiary/aromatic N) is 2. The minimum Gasteiger partial charge on any atom is -0.469 e. The van der Waals surface area contributed by atoms with Gasteiger partial charge < -0.3 is 14.6 Å². The van der Waals surface area contributed by atoms with Gasteiger partial charge in [0, 0.05) is 23.5 Å². The molecule has 2 aliphatic rings. The Labute approximate surface area is 176 Å². The predicted molar refractivity (Wildman–Crippen MR) is 110 cm³/mol. The van der Waals surface area contributed by atoms with Crippen LogP contribution in [0.4, 0.5) is 4.79 Å². The van der Waals surface area contributed by atoms with Crippen LogP contribution in [-0.2, 0) is 20.9 Å². The van der Waals surface area contributed by atoms with Gasteiger partial charge in [0.1, 0.15) is 5.54 Å². The molecule has 2 fully saturated rings. The van der Waals surface area contributed by atoms with E-state index >= 15 is 0 Å². The van der Waals surface area contributed by atoms with Crippen molar-refractivity contribution < 1.29 is 23.9 Å². The summed E-state index contributed by atoms with van der Waals surface area (Å²) in [5, 5.41) is 2.87. The van der Waals surface area contributed by atoms with Crippen LogP contribution in [0.3, 0.4) is 0 Å². The Morgan fingerprint density at radius 2 is 1.90 bits per heavy atom. The van der Waals surface area contributed by atoms with E-state index in [1.165, 1.54) is 7.11 Å². The van der Waals surface area contributed by atoms with Crippen LogP contribution in [0.5, 0.6) is 0 Å². The SMILES string of the molecule is CCC1CCC2(CC1)NC(=O)N(CC(=O)c1cc(C)n(CCC(=O)OC)c1C)C2=O. The van der Waals surface area contributed by atoms with Crippen molar-refractivity contribution >= 4 is 23.7 Å². The normalized spacial score (nSPS) is 23.7. The first-order chi connectivity index (χ1) is 14.2. The van der Waals surface area contributed by atoms with Crippen molar-refractivity contribution in [1.82, 2.24) is 14.8 Å². The van der Waals surface area contributed by atoms with Gasteiger partial charge in [-0.15, -0.1) is 0 Å². The molecule has 0 bridgehead atoms. The second-order valence-electron chi connectivity index (χ2n) is 8.44. The molecule has 30 heavy (non-hydrogen) atoms. The lowest BCUT2D eigenvalue weighted by Crippen LogP contribution is -2.49. The van der Waals surface area contributed by atoms with Gasteiger partial charge in [-0.2, -0.15) is 0 Å². The molecule has 8 heteroatoms. The summed E-state index contributed by atoms with van der Waals surface area (Å²) in [6, 6.07) is 1.26. The summed E-state index contributed by atoms with van der Waals surface area (Å²) in [4.78, 5) is 51.1. The molecule has 1 aliphatic heterocycles. The average Bonchev–Trinajstić information content (AvgIpc) is 3.14. The summed E-state index contributed by atoms with van der Waals surface area (Å²) in [5.74, 6) is -0.297. The highest BCUT2D eigenvalue weighted by molar-refractivity contribution is 6.11. The molecule has 0 aromatic carbocycles. The Hall–Kier alpha value is -2.64. The number of nitrogens with one attached hydrogen (secondary N) is 1. The number of rotatable bonds is 7. The van der Waals surface area contributed by atoms with E-state index in [-0.39, 0.29) is 30.6 Å². The quantitative estimate of drug-likeness (QED) is 0.418. The number of hydrogen-bond acceptors (Lipinski definition) is 5. The second kappa shape index (κ2) is 8.62. The third-order valence-corrected chi connectivity index (χ3v) is 6.72. The van der Waals surface area contributed by atoms with Gasteiger partial charge in [-0.3, -0.25) is 19.3 Å². The minimum absolute atomic E-state index is 0.203. The topological polar surface area (TPSA) is 97.7 Å². The molecule has 2 heterocycles. The van der Waals surface area contributed by atoms with Crippen LogP contribution in [-0.4, -0.2) is 52.4 Å². The molecule has 3 rings (SSSR count). The van der Waals surface area contributed by atoms with Crippen molar-refractivity contribution in [2.75, 3.05) is 13.7 Å². The molecule has 1 aromatic rings. The molecule has 1 saturated carbocycles. The van der Waals surface area contributed by atoms with Crippen LogP contribution in [0.25, 0.3) is 0 Å². The molecule has 1 N–H and O–H groups in total. The number of carbonyl (C=O) groups excluding carboxylic acids is 4. The van der Waals surface area contributed by atoms with Gasteiger partial charge in [-0.25, -0.2) is 4.79 Å². The maximum absolute atomic E-state index is 13.1. The number of imide groups is 1. The van der Waals surface area contributed by atoms with E-state index < -0.39 is 11.6 Å². The number of urea groups is 1. The lowest BCUT2D eigenvalue weighted by Gasteiger charge is -2.34. The van der Waals surface area contributed by atoms with Gasteiger partial charge in [-0.05, 0) is 51.5 Å². The number of hydrogen-bond donors (Lipinski definition) is 1. The number of Topliss-reactive ketones (excluding diaryl/α,β-unsaturated/α-hetero) is 1. The molecule has 8 nitrogen and oxygen atoms in total. The van der Waals surface area contributed by atoms with Crippen LogP contribution in [0, 0.1) is 19.8 Å². The number of esters is 1. The number of ether oxygens (including phenoxy) is 1. The van der Waals surface area contributed by atoms with Crippen molar-refractivity contribution in [3.05, 3.63) is 23.0 Å². The smallest absolute Gasteiger partial charge is 0.325 e. The number of methoxy groups -OCH3 is 1. The second-order valence-corrected chi connectivity index (χ2v) is 8.44. The number of amides is 3. The summed E-state index contributed by atoms with van der Waals surface area (Å²) in [6.07, 6.45) is 4.35. The maximum atomic E-state index is 13.1. The highest BCUT2D eigenvalue weighted by atomic mass is 16.5. The summed E-state index contributed by atoms with van der Waals surface area (Å²) < 4.78 is 6.56. The molecule has 164 valence electrons. The van der Waals surface area contributed by atoms with Crippen LogP contribution < -0.4 is 5.32 Å². The number of ketones is 1. The number of aryl methyl sites for hydroxylation is 1. The molecule has 0 radical (unpaired) electrons. The van der Waals surface area contributed by atoms with Gasteiger partial charge in [0.15, 0.2) is 5.78 Å². The molecule has 1 aromatic heterocycles. The van der Waals surface area contributed by atoms with E-state index in [0.29, 0.717) is 36.6 Å². The summed E-state index contributed by atoms with van der Waals surface area (Å²) in [6.45, 7) is 5.94. The summed E-state index contributed by atoms with van der Waals surface area (Å²) >= 11 is 0. The zero-order chi connectivity index (χ0) is 22.1. The zero-order valence-corrected chi connectivity index (χ0v) is 18.2. The van der Waals surface area contributed by atoms with E-state index in [4.69, 9.17) is 0 Å². The molecular weight excluding hydrogens is 386 g/mol. The average molecular weight is 418 g/mol. The van der Waals surface area contributed by atoms with Gasteiger partial charge >= 0.3 is 12.0 Å².